The van der Waals surface area contributed by atoms with Crippen LogP contribution in [0.5, 0.6) is 5.75 Å². The molecule has 1 amide bonds. The van der Waals surface area contributed by atoms with Crippen LogP contribution in [-0.4, -0.2) is 38.2 Å². The number of nitrogens with zero attached hydrogens (tertiary/aromatic N) is 1. The molecule has 1 saturated heterocycles. The fourth-order valence-corrected chi connectivity index (χ4v) is 3.63. The summed E-state index contributed by atoms with van der Waals surface area (Å²) < 4.78 is 11.4. The van der Waals surface area contributed by atoms with Gasteiger partial charge in [-0.15, -0.1) is 24.0 Å². The fraction of sp³-hybridized carbons (Fsp3) is 0.440. The number of ether oxygens (including phenoxy) is 2. The highest BCUT2D eigenvalue weighted by atomic mass is 127. The van der Waals surface area contributed by atoms with Gasteiger partial charge in [0.25, 0.3) is 5.91 Å². The number of carbonyl (C=O) groups excluding carboxylic acids is 1. The quantitative estimate of drug-likeness (QED) is 0.243. The third-order valence-electron chi connectivity index (χ3n) is 5.69. The first-order valence-corrected chi connectivity index (χ1v) is 11.4. The van der Waals surface area contributed by atoms with Gasteiger partial charge >= 0.3 is 0 Å². The van der Waals surface area contributed by atoms with Gasteiger partial charge in [0.05, 0.1) is 6.61 Å². The van der Waals surface area contributed by atoms with Crippen LogP contribution in [-0.2, 0) is 22.6 Å². The third kappa shape index (κ3) is 7.89. The lowest BCUT2D eigenvalue weighted by Gasteiger charge is -2.15. The number of amides is 1. The van der Waals surface area contributed by atoms with Crippen molar-refractivity contribution in [1.29, 1.82) is 0 Å². The highest BCUT2D eigenvalue weighted by molar-refractivity contribution is 14.0. The number of carbonyl (C=O) groups is 1. The van der Waals surface area contributed by atoms with E-state index in [0.29, 0.717) is 25.7 Å². The standard InChI is InChI=1S/C25H32N4O3.HI/c1-26-25(28-16-20-7-2-3-9-22(20)32-17-18-11-12-18)27-15-19-6-4-8-21(14-19)29-24(30)23-10-5-13-31-23;/h2-4,6-9,14,18,23H,5,10-13,15-17H2,1H3,(H,29,30)(H2,26,27,28);1H. The van der Waals surface area contributed by atoms with Crippen LogP contribution in [0.3, 0.4) is 0 Å². The number of aliphatic imine (C=N–C) groups is 1. The average Bonchev–Trinajstić information content (AvgIpc) is 3.48. The molecule has 1 saturated carbocycles. The van der Waals surface area contributed by atoms with Crippen LogP contribution < -0.4 is 20.7 Å². The normalized spacial score (nSPS) is 17.7. The van der Waals surface area contributed by atoms with Gasteiger partial charge in [-0.3, -0.25) is 9.79 Å². The first-order valence-electron chi connectivity index (χ1n) is 11.4. The molecule has 1 aliphatic heterocycles. The summed E-state index contributed by atoms with van der Waals surface area (Å²) in [6, 6.07) is 15.9. The lowest BCUT2D eigenvalue weighted by atomic mass is 10.2. The number of para-hydroxylation sites is 1. The van der Waals surface area contributed by atoms with Crippen LogP contribution in [0.2, 0.25) is 0 Å². The molecule has 0 aromatic heterocycles. The van der Waals surface area contributed by atoms with E-state index in [4.69, 9.17) is 9.47 Å². The van der Waals surface area contributed by atoms with Gasteiger partial charge in [0.2, 0.25) is 0 Å². The maximum absolute atomic E-state index is 12.3. The largest absolute Gasteiger partial charge is 0.493 e. The van der Waals surface area contributed by atoms with Crippen LogP contribution >= 0.6 is 24.0 Å². The number of nitrogens with one attached hydrogen (secondary N) is 3. The molecule has 2 fully saturated rings. The molecule has 0 bridgehead atoms. The average molecular weight is 564 g/mol. The molecular formula is C25H33IN4O3. The predicted octanol–water partition coefficient (Wildman–Crippen LogP) is 4.08. The van der Waals surface area contributed by atoms with E-state index in [2.05, 4.69) is 27.0 Å². The van der Waals surface area contributed by atoms with Crippen molar-refractivity contribution < 1.29 is 14.3 Å². The monoisotopic (exact) mass is 564 g/mol. The predicted molar refractivity (Wildman–Crippen MR) is 141 cm³/mol. The van der Waals surface area contributed by atoms with E-state index in [1.807, 2.05) is 42.5 Å². The van der Waals surface area contributed by atoms with Gasteiger partial charge < -0.3 is 25.4 Å². The van der Waals surface area contributed by atoms with E-state index in [0.717, 1.165) is 47.9 Å². The molecule has 2 aromatic carbocycles. The van der Waals surface area contributed by atoms with Crippen molar-refractivity contribution in [3.05, 3.63) is 59.7 Å². The summed E-state index contributed by atoms with van der Waals surface area (Å²) in [7, 11) is 1.75. The van der Waals surface area contributed by atoms with Gasteiger partial charge in [-0.2, -0.15) is 0 Å². The molecule has 2 aromatic rings. The Morgan fingerprint density at radius 2 is 1.91 bits per heavy atom. The number of rotatable bonds is 9. The molecule has 3 N–H and O–H groups in total. The summed E-state index contributed by atoms with van der Waals surface area (Å²) in [5, 5.41) is 9.64. The first kappa shape index (κ1) is 25.3. The Balaban J connectivity index is 0.00000306. The zero-order chi connectivity index (χ0) is 22.2. The zero-order valence-electron chi connectivity index (χ0n) is 19.0. The Kier molecular flexibility index (Phi) is 9.80. The van der Waals surface area contributed by atoms with Crippen molar-refractivity contribution >= 4 is 41.5 Å². The summed E-state index contributed by atoms with van der Waals surface area (Å²) in [5.74, 6) is 2.28. The molecule has 1 atom stereocenters. The minimum atomic E-state index is -0.337. The Labute approximate surface area is 212 Å². The second kappa shape index (κ2) is 12.8. The molecule has 2 aliphatic rings. The number of guanidine groups is 1. The van der Waals surface area contributed by atoms with E-state index in [-0.39, 0.29) is 36.0 Å². The number of halogens is 1. The molecule has 0 radical (unpaired) electrons. The Morgan fingerprint density at radius 3 is 2.67 bits per heavy atom. The summed E-state index contributed by atoms with van der Waals surface area (Å²) in [4.78, 5) is 16.6. The number of hydrogen-bond donors (Lipinski definition) is 3. The van der Waals surface area contributed by atoms with Crippen molar-refractivity contribution in [1.82, 2.24) is 10.6 Å². The highest BCUT2D eigenvalue weighted by Crippen LogP contribution is 2.30. The molecule has 0 spiro atoms. The molecule has 8 heteroatoms. The number of anilines is 1. The smallest absolute Gasteiger partial charge is 0.253 e. The topological polar surface area (TPSA) is 84.0 Å². The van der Waals surface area contributed by atoms with E-state index in [9.17, 15) is 4.79 Å². The lowest BCUT2D eigenvalue weighted by Crippen LogP contribution is -2.36. The van der Waals surface area contributed by atoms with Gasteiger partial charge in [0.15, 0.2) is 5.96 Å². The molecule has 1 heterocycles. The van der Waals surface area contributed by atoms with Crippen molar-refractivity contribution in [2.75, 3.05) is 25.6 Å². The minimum absolute atomic E-state index is 0. The summed E-state index contributed by atoms with van der Waals surface area (Å²) >= 11 is 0. The van der Waals surface area contributed by atoms with E-state index >= 15 is 0 Å². The molecule has 1 aliphatic carbocycles. The van der Waals surface area contributed by atoms with Gasteiger partial charge in [-0.25, -0.2) is 0 Å². The Bertz CT molecular complexity index is 943. The molecule has 178 valence electrons. The van der Waals surface area contributed by atoms with E-state index in [1.165, 1.54) is 12.8 Å². The maximum atomic E-state index is 12.3. The van der Waals surface area contributed by atoms with Gasteiger partial charge in [0, 0.05) is 38.0 Å². The van der Waals surface area contributed by atoms with E-state index in [1.54, 1.807) is 7.05 Å². The van der Waals surface area contributed by atoms with Crippen LogP contribution in [0.1, 0.15) is 36.8 Å². The summed E-state index contributed by atoms with van der Waals surface area (Å²) in [5.41, 5.74) is 2.93. The second-order valence-electron chi connectivity index (χ2n) is 8.33. The molecule has 7 nitrogen and oxygen atoms in total. The zero-order valence-corrected chi connectivity index (χ0v) is 21.3. The number of benzene rings is 2. The first-order chi connectivity index (χ1) is 15.7. The molecule has 33 heavy (non-hydrogen) atoms. The number of hydrogen-bond acceptors (Lipinski definition) is 4. The fourth-order valence-electron chi connectivity index (χ4n) is 3.63. The highest BCUT2D eigenvalue weighted by Gasteiger charge is 2.23. The Hall–Kier alpha value is -2.33. The SMILES string of the molecule is CN=C(NCc1cccc(NC(=O)C2CCCO2)c1)NCc1ccccc1OCC1CC1.I. The van der Waals surface area contributed by atoms with E-state index < -0.39 is 0 Å². The molecule has 4 rings (SSSR count). The van der Waals surface area contributed by atoms with Gasteiger partial charge in [-0.05, 0) is 55.4 Å². The molecule has 1 unspecified atom stereocenters. The lowest BCUT2D eigenvalue weighted by molar-refractivity contribution is -0.124. The summed E-state index contributed by atoms with van der Waals surface area (Å²) in [6.07, 6.45) is 3.93. The maximum Gasteiger partial charge on any atom is 0.253 e. The molecular weight excluding hydrogens is 531 g/mol. The Morgan fingerprint density at radius 1 is 1.09 bits per heavy atom. The van der Waals surface area contributed by atoms with Gasteiger partial charge in [0.1, 0.15) is 11.9 Å². The minimum Gasteiger partial charge on any atom is -0.493 e. The second-order valence-corrected chi connectivity index (χ2v) is 8.33. The van der Waals surface area contributed by atoms with Crippen LogP contribution in [0, 0.1) is 5.92 Å². The van der Waals surface area contributed by atoms with Crippen LogP contribution in [0.15, 0.2) is 53.5 Å². The van der Waals surface area contributed by atoms with Crippen LogP contribution in [0.25, 0.3) is 0 Å². The van der Waals surface area contributed by atoms with Gasteiger partial charge in [-0.1, -0.05) is 30.3 Å². The van der Waals surface area contributed by atoms with Crippen molar-refractivity contribution in [3.8, 4) is 5.75 Å². The third-order valence-corrected chi connectivity index (χ3v) is 5.69. The van der Waals surface area contributed by atoms with Crippen molar-refractivity contribution in [2.45, 2.75) is 44.9 Å². The summed E-state index contributed by atoms with van der Waals surface area (Å²) in [6.45, 7) is 2.66. The van der Waals surface area contributed by atoms with Crippen LogP contribution in [0.4, 0.5) is 5.69 Å². The van der Waals surface area contributed by atoms with Crippen molar-refractivity contribution in [2.24, 2.45) is 10.9 Å². The van der Waals surface area contributed by atoms with Crippen molar-refractivity contribution in [3.63, 3.8) is 0 Å².